The molecule has 0 amide bonds. The van der Waals surface area contributed by atoms with Crippen molar-refractivity contribution in [2.75, 3.05) is 13.2 Å². The van der Waals surface area contributed by atoms with Crippen molar-refractivity contribution in [3.05, 3.63) is 17.5 Å². The van der Waals surface area contributed by atoms with Crippen molar-refractivity contribution in [1.29, 1.82) is 0 Å². The van der Waals surface area contributed by atoms with Crippen LogP contribution < -0.4 is 5.32 Å². The van der Waals surface area contributed by atoms with Crippen molar-refractivity contribution >= 4 is 0 Å². The van der Waals surface area contributed by atoms with Crippen molar-refractivity contribution in [2.45, 2.75) is 39.8 Å². The van der Waals surface area contributed by atoms with Gasteiger partial charge in [0.15, 0.2) is 0 Å². The van der Waals surface area contributed by atoms with Crippen LogP contribution in [0.3, 0.4) is 0 Å². The van der Waals surface area contributed by atoms with E-state index >= 15 is 0 Å². The average Bonchev–Trinajstić information content (AvgIpc) is 2.60. The van der Waals surface area contributed by atoms with Gasteiger partial charge in [-0.25, -0.2) is 0 Å². The second kappa shape index (κ2) is 6.66. The molecule has 1 aromatic heterocycles. The lowest BCUT2D eigenvalue weighted by Gasteiger charge is -2.12. The lowest BCUT2D eigenvalue weighted by atomic mass is 10.3. The second-order valence-corrected chi connectivity index (χ2v) is 4.00. The fourth-order valence-electron chi connectivity index (χ4n) is 1.66. The third-order valence-corrected chi connectivity index (χ3v) is 2.58. The van der Waals surface area contributed by atoms with Crippen molar-refractivity contribution in [1.82, 2.24) is 15.1 Å². The van der Waals surface area contributed by atoms with Gasteiger partial charge in [-0.2, -0.15) is 5.10 Å². The Kier molecular flexibility index (Phi) is 5.49. The number of aryl methyl sites for hydroxylation is 2. The molecule has 16 heavy (non-hydrogen) atoms. The molecule has 4 nitrogen and oxygen atoms in total. The zero-order chi connectivity index (χ0) is 12.0. The van der Waals surface area contributed by atoms with E-state index in [2.05, 4.69) is 30.3 Å². The summed E-state index contributed by atoms with van der Waals surface area (Å²) in [4.78, 5) is 0. The first-order chi connectivity index (χ1) is 7.67. The van der Waals surface area contributed by atoms with Gasteiger partial charge in [0.2, 0.25) is 0 Å². The molecule has 1 N–H and O–H groups in total. The Labute approximate surface area is 98.0 Å². The van der Waals surface area contributed by atoms with E-state index in [4.69, 9.17) is 4.74 Å². The first-order valence-electron chi connectivity index (χ1n) is 6.01. The van der Waals surface area contributed by atoms with Crippen LogP contribution in [0.1, 0.15) is 32.2 Å². The van der Waals surface area contributed by atoms with Crippen molar-refractivity contribution in [2.24, 2.45) is 7.05 Å². The molecular weight excluding hydrogens is 202 g/mol. The fourth-order valence-corrected chi connectivity index (χ4v) is 1.66. The zero-order valence-corrected chi connectivity index (χ0v) is 10.8. The molecule has 0 bridgehead atoms. The van der Waals surface area contributed by atoms with E-state index in [1.807, 2.05) is 18.7 Å². The van der Waals surface area contributed by atoms with Crippen LogP contribution in [0.25, 0.3) is 0 Å². The minimum atomic E-state index is 0.267. The summed E-state index contributed by atoms with van der Waals surface area (Å²) in [7, 11) is 1.99. The molecule has 0 spiro atoms. The van der Waals surface area contributed by atoms with E-state index in [1.54, 1.807) is 0 Å². The Hall–Kier alpha value is -0.870. The fraction of sp³-hybridized carbons (Fsp3) is 0.750. The highest BCUT2D eigenvalue weighted by atomic mass is 16.5. The largest absolute Gasteiger partial charge is 0.377 e. The molecule has 0 aliphatic carbocycles. The van der Waals surface area contributed by atoms with Gasteiger partial charge < -0.3 is 10.1 Å². The molecule has 92 valence electrons. The summed E-state index contributed by atoms with van der Waals surface area (Å²) in [6.45, 7) is 8.72. The third-order valence-electron chi connectivity index (χ3n) is 2.58. The molecule has 1 aromatic rings. The summed E-state index contributed by atoms with van der Waals surface area (Å²) in [6, 6.07) is 2.15. The molecular formula is C12H23N3O. The van der Waals surface area contributed by atoms with Gasteiger partial charge in [0.05, 0.1) is 17.5 Å². The van der Waals surface area contributed by atoms with Crippen LogP contribution in [0.5, 0.6) is 0 Å². The van der Waals surface area contributed by atoms with Crippen molar-refractivity contribution in [3.8, 4) is 0 Å². The number of aromatic nitrogens is 2. The molecule has 0 saturated carbocycles. The predicted octanol–water partition coefficient (Wildman–Crippen LogP) is 1.50. The maximum Gasteiger partial charge on any atom is 0.0671 e. The lowest BCUT2D eigenvalue weighted by Crippen LogP contribution is -2.27. The molecule has 0 aromatic carbocycles. The molecule has 0 aliphatic heterocycles. The standard InChI is InChI=1S/C12H23N3O/c1-5-11-7-12(15(4)14-11)9-13-8-10(3)16-6-2/h7,10,13H,5-6,8-9H2,1-4H3. The van der Waals surface area contributed by atoms with E-state index in [-0.39, 0.29) is 6.10 Å². The van der Waals surface area contributed by atoms with Gasteiger partial charge >= 0.3 is 0 Å². The molecule has 4 heteroatoms. The summed E-state index contributed by atoms with van der Waals surface area (Å²) in [5, 5.41) is 7.79. The smallest absolute Gasteiger partial charge is 0.0671 e. The van der Waals surface area contributed by atoms with Crippen LogP contribution in [0.4, 0.5) is 0 Å². The van der Waals surface area contributed by atoms with Gasteiger partial charge in [0.1, 0.15) is 0 Å². The van der Waals surface area contributed by atoms with Crippen LogP contribution in [-0.2, 0) is 24.8 Å². The number of nitrogens with zero attached hydrogens (tertiary/aromatic N) is 2. The maximum atomic E-state index is 5.45. The Morgan fingerprint density at radius 3 is 2.81 bits per heavy atom. The Morgan fingerprint density at radius 2 is 2.25 bits per heavy atom. The molecule has 0 radical (unpaired) electrons. The summed E-state index contributed by atoms with van der Waals surface area (Å²) in [5.41, 5.74) is 2.37. The Balaban J connectivity index is 2.33. The number of hydrogen-bond acceptors (Lipinski definition) is 3. The predicted molar refractivity (Wildman–Crippen MR) is 65.4 cm³/mol. The minimum Gasteiger partial charge on any atom is -0.377 e. The van der Waals surface area contributed by atoms with E-state index in [0.717, 1.165) is 31.8 Å². The van der Waals surface area contributed by atoms with Gasteiger partial charge in [-0.3, -0.25) is 4.68 Å². The monoisotopic (exact) mass is 225 g/mol. The highest BCUT2D eigenvalue weighted by molar-refractivity contribution is 5.09. The van der Waals surface area contributed by atoms with Gasteiger partial charge in [-0.1, -0.05) is 6.92 Å². The number of ether oxygens (including phenoxy) is 1. The molecule has 0 aliphatic rings. The van der Waals surface area contributed by atoms with Crippen LogP contribution >= 0.6 is 0 Å². The maximum absolute atomic E-state index is 5.45. The van der Waals surface area contributed by atoms with Crippen LogP contribution in [0, 0.1) is 0 Å². The molecule has 0 saturated heterocycles. The number of hydrogen-bond donors (Lipinski definition) is 1. The quantitative estimate of drug-likeness (QED) is 0.764. The molecule has 0 fully saturated rings. The molecule has 1 rings (SSSR count). The second-order valence-electron chi connectivity index (χ2n) is 4.00. The minimum absolute atomic E-state index is 0.267. The number of nitrogens with one attached hydrogen (secondary N) is 1. The van der Waals surface area contributed by atoms with E-state index in [1.165, 1.54) is 5.69 Å². The number of rotatable bonds is 7. The van der Waals surface area contributed by atoms with E-state index < -0.39 is 0 Å². The highest BCUT2D eigenvalue weighted by Gasteiger charge is 2.04. The Morgan fingerprint density at radius 1 is 1.50 bits per heavy atom. The zero-order valence-electron chi connectivity index (χ0n) is 10.8. The van der Waals surface area contributed by atoms with E-state index in [9.17, 15) is 0 Å². The topological polar surface area (TPSA) is 39.1 Å². The van der Waals surface area contributed by atoms with Crippen molar-refractivity contribution in [3.63, 3.8) is 0 Å². The molecule has 1 atom stereocenters. The highest BCUT2D eigenvalue weighted by Crippen LogP contribution is 2.03. The first kappa shape index (κ1) is 13.2. The summed E-state index contributed by atoms with van der Waals surface area (Å²) in [5.74, 6) is 0. The molecule has 1 heterocycles. The third kappa shape index (κ3) is 3.94. The van der Waals surface area contributed by atoms with Crippen LogP contribution in [0.2, 0.25) is 0 Å². The summed E-state index contributed by atoms with van der Waals surface area (Å²) >= 11 is 0. The van der Waals surface area contributed by atoms with Crippen LogP contribution in [-0.4, -0.2) is 29.0 Å². The first-order valence-corrected chi connectivity index (χ1v) is 6.01. The van der Waals surface area contributed by atoms with Gasteiger partial charge in [-0.15, -0.1) is 0 Å². The average molecular weight is 225 g/mol. The molecule has 1 unspecified atom stereocenters. The van der Waals surface area contributed by atoms with Gasteiger partial charge in [0.25, 0.3) is 0 Å². The summed E-state index contributed by atoms with van der Waals surface area (Å²) < 4.78 is 7.39. The van der Waals surface area contributed by atoms with Gasteiger partial charge in [-0.05, 0) is 26.3 Å². The SMILES string of the molecule is CCOC(C)CNCc1cc(CC)nn1C. The van der Waals surface area contributed by atoms with Crippen molar-refractivity contribution < 1.29 is 4.74 Å². The Bertz CT molecular complexity index is 309. The summed E-state index contributed by atoms with van der Waals surface area (Å²) in [6.07, 6.45) is 1.26. The van der Waals surface area contributed by atoms with E-state index in [0.29, 0.717) is 0 Å². The van der Waals surface area contributed by atoms with Crippen LogP contribution in [0.15, 0.2) is 6.07 Å². The van der Waals surface area contributed by atoms with Gasteiger partial charge in [0, 0.05) is 26.7 Å². The lowest BCUT2D eigenvalue weighted by molar-refractivity contribution is 0.0758. The normalized spacial score (nSPS) is 13.0.